The van der Waals surface area contributed by atoms with Gasteiger partial charge in [-0.1, -0.05) is 32.6 Å². The van der Waals surface area contributed by atoms with Crippen LogP contribution in [0, 0.1) is 6.92 Å². The topological polar surface area (TPSA) is 29.1 Å². The maximum atomic E-state index is 12.0. The van der Waals surface area contributed by atoms with Gasteiger partial charge >= 0.3 is 0 Å². The summed E-state index contributed by atoms with van der Waals surface area (Å²) in [6.45, 7) is 6.30. The molecule has 0 spiro atoms. The van der Waals surface area contributed by atoms with Gasteiger partial charge in [0.05, 0.1) is 8.66 Å². The molecule has 0 aromatic carbocycles. The minimum Gasteiger partial charge on any atom is -0.349 e. The number of nitrogens with one attached hydrogen (secondary N) is 1. The van der Waals surface area contributed by atoms with E-state index in [4.69, 9.17) is 0 Å². The monoisotopic (exact) mass is 331 g/mol. The second kappa shape index (κ2) is 7.95. The molecular weight excluding hydrogens is 310 g/mol. The second-order valence-corrected chi connectivity index (χ2v) is 7.16. The Balaban J connectivity index is 2.35. The van der Waals surface area contributed by atoms with Crippen LogP contribution >= 0.6 is 27.3 Å². The Morgan fingerprint density at radius 1 is 1.44 bits per heavy atom. The number of unbranched alkanes of at least 4 members (excludes halogenated alkanes) is 3. The lowest BCUT2D eigenvalue weighted by atomic mass is 10.1. The summed E-state index contributed by atoms with van der Waals surface area (Å²) in [6, 6.07) is 2.20. The van der Waals surface area contributed by atoms with Gasteiger partial charge in [-0.2, -0.15) is 0 Å². The molecule has 1 rings (SSSR count). The molecule has 1 heterocycles. The smallest absolute Gasteiger partial charge is 0.261 e. The molecule has 2 nitrogen and oxygen atoms in total. The number of amides is 1. The van der Waals surface area contributed by atoms with E-state index in [1.54, 1.807) is 0 Å². The van der Waals surface area contributed by atoms with Crippen molar-refractivity contribution in [1.29, 1.82) is 0 Å². The molecule has 1 unspecified atom stereocenters. The van der Waals surface area contributed by atoms with Crippen LogP contribution in [-0.4, -0.2) is 11.9 Å². The molecule has 102 valence electrons. The average molecular weight is 332 g/mol. The first kappa shape index (κ1) is 15.7. The van der Waals surface area contributed by atoms with Crippen molar-refractivity contribution in [1.82, 2.24) is 5.32 Å². The van der Waals surface area contributed by atoms with Crippen LogP contribution in [0.15, 0.2) is 9.85 Å². The molecule has 0 radical (unpaired) electrons. The van der Waals surface area contributed by atoms with E-state index in [9.17, 15) is 4.79 Å². The van der Waals surface area contributed by atoms with E-state index in [-0.39, 0.29) is 11.9 Å². The fraction of sp³-hybridized carbons (Fsp3) is 0.643. The van der Waals surface area contributed by atoms with Gasteiger partial charge in [0.15, 0.2) is 0 Å². The van der Waals surface area contributed by atoms with Crippen molar-refractivity contribution < 1.29 is 4.79 Å². The SMILES string of the molecule is CCCCCCC(C)NC(=O)c1cc(C)c(Br)s1. The third kappa shape index (κ3) is 5.11. The maximum absolute atomic E-state index is 12.0. The van der Waals surface area contributed by atoms with Gasteiger partial charge in [-0.15, -0.1) is 11.3 Å². The number of rotatable bonds is 7. The first-order chi connectivity index (χ1) is 8.54. The van der Waals surface area contributed by atoms with Gasteiger partial charge in [0.1, 0.15) is 0 Å². The number of halogens is 1. The summed E-state index contributed by atoms with van der Waals surface area (Å²) in [5, 5.41) is 3.06. The van der Waals surface area contributed by atoms with E-state index in [1.807, 2.05) is 13.0 Å². The molecule has 1 N–H and O–H groups in total. The highest BCUT2D eigenvalue weighted by Crippen LogP contribution is 2.27. The standard InChI is InChI=1S/C14H22BrNOS/c1-4-5-6-7-8-11(3)16-14(17)12-9-10(2)13(15)18-12/h9,11H,4-8H2,1-3H3,(H,16,17). The van der Waals surface area contributed by atoms with Crippen molar-refractivity contribution in [2.24, 2.45) is 0 Å². The van der Waals surface area contributed by atoms with E-state index < -0.39 is 0 Å². The Labute approximate surface area is 122 Å². The molecule has 18 heavy (non-hydrogen) atoms. The van der Waals surface area contributed by atoms with Crippen molar-refractivity contribution in [3.8, 4) is 0 Å². The summed E-state index contributed by atoms with van der Waals surface area (Å²) in [5.74, 6) is 0.0526. The first-order valence-electron chi connectivity index (χ1n) is 6.61. The molecule has 0 bridgehead atoms. The molecule has 1 aromatic heterocycles. The van der Waals surface area contributed by atoms with Gasteiger partial charge < -0.3 is 5.32 Å². The number of carbonyl (C=O) groups is 1. The van der Waals surface area contributed by atoms with Gasteiger partial charge in [-0.05, 0) is 47.8 Å². The molecule has 0 aliphatic carbocycles. The Hall–Kier alpha value is -0.350. The highest BCUT2D eigenvalue weighted by Gasteiger charge is 2.13. The van der Waals surface area contributed by atoms with Crippen molar-refractivity contribution in [3.05, 3.63) is 20.3 Å². The van der Waals surface area contributed by atoms with Gasteiger partial charge in [0.2, 0.25) is 0 Å². The molecule has 1 amide bonds. The molecular formula is C14H22BrNOS. The predicted octanol–water partition coefficient (Wildman–Crippen LogP) is 4.91. The van der Waals surface area contributed by atoms with E-state index in [1.165, 1.54) is 37.0 Å². The normalized spacial score (nSPS) is 12.4. The Kier molecular flexibility index (Phi) is 6.94. The molecule has 4 heteroatoms. The number of aryl methyl sites for hydroxylation is 1. The molecule has 0 fully saturated rings. The predicted molar refractivity (Wildman–Crippen MR) is 82.4 cm³/mol. The summed E-state index contributed by atoms with van der Waals surface area (Å²) < 4.78 is 1.04. The van der Waals surface area contributed by atoms with Crippen molar-refractivity contribution in [2.45, 2.75) is 58.9 Å². The third-order valence-electron chi connectivity index (χ3n) is 2.95. The summed E-state index contributed by atoms with van der Waals surface area (Å²) in [6.07, 6.45) is 6.07. The van der Waals surface area contributed by atoms with Crippen LogP contribution in [0.2, 0.25) is 0 Å². The molecule has 0 saturated carbocycles. The van der Waals surface area contributed by atoms with Crippen LogP contribution in [0.1, 0.15) is 61.2 Å². The molecule has 1 atom stereocenters. The lowest BCUT2D eigenvalue weighted by Gasteiger charge is -2.12. The van der Waals surface area contributed by atoms with E-state index in [0.717, 1.165) is 20.6 Å². The maximum Gasteiger partial charge on any atom is 0.261 e. The van der Waals surface area contributed by atoms with Crippen molar-refractivity contribution in [3.63, 3.8) is 0 Å². The number of hydrogen-bond acceptors (Lipinski definition) is 2. The quantitative estimate of drug-likeness (QED) is 0.707. The van der Waals surface area contributed by atoms with Crippen LogP contribution in [0.4, 0.5) is 0 Å². The summed E-state index contributed by atoms with van der Waals surface area (Å²) in [7, 11) is 0. The summed E-state index contributed by atoms with van der Waals surface area (Å²) >= 11 is 4.95. The van der Waals surface area contributed by atoms with Crippen molar-refractivity contribution in [2.75, 3.05) is 0 Å². The molecule has 0 aliphatic heterocycles. The minimum atomic E-state index is 0.0526. The summed E-state index contributed by atoms with van der Waals surface area (Å²) in [4.78, 5) is 12.8. The first-order valence-corrected chi connectivity index (χ1v) is 8.22. The largest absolute Gasteiger partial charge is 0.349 e. The van der Waals surface area contributed by atoms with Crippen LogP contribution in [0.25, 0.3) is 0 Å². The Morgan fingerprint density at radius 3 is 2.72 bits per heavy atom. The highest BCUT2D eigenvalue weighted by atomic mass is 79.9. The van der Waals surface area contributed by atoms with Gasteiger partial charge in [-0.3, -0.25) is 4.79 Å². The zero-order valence-electron chi connectivity index (χ0n) is 11.4. The third-order valence-corrected chi connectivity index (χ3v) is 5.08. The van der Waals surface area contributed by atoms with E-state index in [2.05, 4.69) is 35.1 Å². The Morgan fingerprint density at radius 2 is 2.17 bits per heavy atom. The Bertz CT molecular complexity index is 370. The van der Waals surface area contributed by atoms with Crippen LogP contribution in [0.5, 0.6) is 0 Å². The molecule has 0 aliphatic rings. The van der Waals surface area contributed by atoms with E-state index >= 15 is 0 Å². The number of carbonyl (C=O) groups excluding carboxylic acids is 1. The fourth-order valence-corrected chi connectivity index (χ4v) is 3.25. The number of hydrogen-bond donors (Lipinski definition) is 1. The fourth-order valence-electron chi connectivity index (χ4n) is 1.82. The average Bonchev–Trinajstić information content (AvgIpc) is 2.65. The second-order valence-electron chi connectivity index (χ2n) is 4.79. The number of thiophene rings is 1. The van der Waals surface area contributed by atoms with Gasteiger partial charge in [0, 0.05) is 6.04 Å². The van der Waals surface area contributed by atoms with Crippen LogP contribution in [0.3, 0.4) is 0 Å². The molecule has 0 saturated heterocycles. The van der Waals surface area contributed by atoms with Crippen LogP contribution in [-0.2, 0) is 0 Å². The van der Waals surface area contributed by atoms with Gasteiger partial charge in [0.25, 0.3) is 5.91 Å². The molecule has 1 aromatic rings. The summed E-state index contributed by atoms with van der Waals surface area (Å²) in [5.41, 5.74) is 1.13. The lowest BCUT2D eigenvalue weighted by Crippen LogP contribution is -2.31. The van der Waals surface area contributed by atoms with Gasteiger partial charge in [-0.25, -0.2) is 0 Å². The van der Waals surface area contributed by atoms with Crippen LogP contribution < -0.4 is 5.32 Å². The zero-order chi connectivity index (χ0) is 13.5. The van der Waals surface area contributed by atoms with Crippen molar-refractivity contribution >= 4 is 33.2 Å². The van der Waals surface area contributed by atoms with E-state index in [0.29, 0.717) is 0 Å². The zero-order valence-corrected chi connectivity index (χ0v) is 13.8. The lowest BCUT2D eigenvalue weighted by molar-refractivity contribution is 0.0942. The highest BCUT2D eigenvalue weighted by molar-refractivity contribution is 9.11. The minimum absolute atomic E-state index is 0.0526.